The third-order valence-electron chi connectivity index (χ3n) is 6.65. The summed E-state index contributed by atoms with van der Waals surface area (Å²) in [5, 5.41) is 12.4. The van der Waals surface area contributed by atoms with E-state index >= 15 is 0 Å². The van der Waals surface area contributed by atoms with Gasteiger partial charge in [0.1, 0.15) is 0 Å². The molecule has 0 radical (unpaired) electrons. The number of hydrogen-bond acceptors (Lipinski definition) is 5. The Kier molecular flexibility index (Phi) is 7.28. The van der Waals surface area contributed by atoms with Crippen LogP contribution in [0.1, 0.15) is 30.4 Å². The van der Waals surface area contributed by atoms with Crippen LogP contribution in [0, 0.1) is 18.3 Å². The molecule has 0 unspecified atom stereocenters. The van der Waals surface area contributed by atoms with Gasteiger partial charge in [0.2, 0.25) is 5.91 Å². The monoisotopic (exact) mass is 431 g/mol. The zero-order chi connectivity index (χ0) is 22.3. The zero-order valence-electron chi connectivity index (χ0n) is 19.0. The van der Waals surface area contributed by atoms with Gasteiger partial charge in [0.15, 0.2) is 0 Å². The quantitative estimate of drug-likeness (QED) is 0.759. The summed E-state index contributed by atoms with van der Waals surface area (Å²) in [5.41, 5.74) is 4.30. The van der Waals surface area contributed by atoms with Crippen molar-refractivity contribution >= 4 is 17.3 Å². The van der Waals surface area contributed by atoms with E-state index in [1.165, 1.54) is 11.3 Å². The van der Waals surface area contributed by atoms with Crippen LogP contribution in [-0.2, 0) is 4.79 Å². The number of likely N-dealkylation sites (tertiary alicyclic amines) is 1. The molecule has 6 heteroatoms. The molecule has 0 saturated carbocycles. The van der Waals surface area contributed by atoms with Crippen LogP contribution in [0.3, 0.4) is 0 Å². The third-order valence-corrected chi connectivity index (χ3v) is 6.65. The highest BCUT2D eigenvalue weighted by atomic mass is 16.2. The van der Waals surface area contributed by atoms with Crippen LogP contribution in [-0.4, -0.2) is 67.6 Å². The molecule has 0 atom stereocenters. The number of benzene rings is 2. The lowest BCUT2D eigenvalue weighted by Gasteiger charge is -2.37. The largest absolute Gasteiger partial charge is 0.382 e. The van der Waals surface area contributed by atoms with Gasteiger partial charge in [-0.25, -0.2) is 0 Å². The van der Waals surface area contributed by atoms with Gasteiger partial charge < -0.3 is 15.1 Å². The van der Waals surface area contributed by atoms with Gasteiger partial charge in [-0.15, -0.1) is 0 Å². The Bertz CT molecular complexity index is 918. The summed E-state index contributed by atoms with van der Waals surface area (Å²) < 4.78 is 0. The van der Waals surface area contributed by atoms with Gasteiger partial charge in [-0.3, -0.25) is 9.69 Å². The second-order valence-electron chi connectivity index (χ2n) is 8.90. The average Bonchev–Trinajstić information content (AvgIpc) is 2.84. The standard InChI is InChI=1S/C26H33N5O/c1-21-2-8-25(9-3-21)30-18-16-29(17-19-30)13-12-26(32)31-14-10-24(11-15-31)28-23-6-4-22(20-27)5-7-23/h2-9,24,28H,10-19H2,1H3. The minimum Gasteiger partial charge on any atom is -0.382 e. The number of rotatable bonds is 6. The lowest BCUT2D eigenvalue weighted by Crippen LogP contribution is -2.48. The van der Waals surface area contributed by atoms with Gasteiger partial charge in [-0.05, 0) is 56.2 Å². The molecule has 4 rings (SSSR count). The van der Waals surface area contributed by atoms with E-state index in [4.69, 9.17) is 5.26 Å². The van der Waals surface area contributed by atoms with E-state index in [1.807, 2.05) is 29.2 Å². The number of anilines is 2. The summed E-state index contributed by atoms with van der Waals surface area (Å²) in [5.74, 6) is 0.280. The Balaban J connectivity index is 1.15. The number of nitriles is 1. The summed E-state index contributed by atoms with van der Waals surface area (Å²) in [6.07, 6.45) is 2.53. The van der Waals surface area contributed by atoms with Crippen molar-refractivity contribution in [1.82, 2.24) is 9.80 Å². The number of nitrogens with zero attached hydrogens (tertiary/aromatic N) is 4. The van der Waals surface area contributed by atoms with Crippen molar-refractivity contribution in [3.8, 4) is 6.07 Å². The molecule has 2 aromatic carbocycles. The molecule has 0 aromatic heterocycles. The summed E-state index contributed by atoms with van der Waals surface area (Å²) in [7, 11) is 0. The number of hydrogen-bond donors (Lipinski definition) is 1. The van der Waals surface area contributed by atoms with Crippen molar-refractivity contribution in [3.63, 3.8) is 0 Å². The Morgan fingerprint density at radius 1 is 0.969 bits per heavy atom. The number of amides is 1. The van der Waals surface area contributed by atoms with Crippen molar-refractivity contribution in [2.45, 2.75) is 32.2 Å². The van der Waals surface area contributed by atoms with Gasteiger partial charge in [0.25, 0.3) is 0 Å². The lowest BCUT2D eigenvalue weighted by molar-refractivity contribution is -0.132. The highest BCUT2D eigenvalue weighted by Gasteiger charge is 2.24. The van der Waals surface area contributed by atoms with Gasteiger partial charge in [0.05, 0.1) is 11.6 Å². The fourth-order valence-corrected chi connectivity index (χ4v) is 4.55. The van der Waals surface area contributed by atoms with E-state index in [0.29, 0.717) is 18.0 Å². The van der Waals surface area contributed by atoms with E-state index in [9.17, 15) is 4.79 Å². The topological polar surface area (TPSA) is 62.6 Å². The van der Waals surface area contributed by atoms with Crippen molar-refractivity contribution in [3.05, 3.63) is 59.7 Å². The third kappa shape index (κ3) is 5.80. The number of carbonyl (C=O) groups is 1. The number of nitrogens with one attached hydrogen (secondary N) is 1. The van der Waals surface area contributed by atoms with Crippen molar-refractivity contribution in [2.75, 3.05) is 56.0 Å². The number of carbonyl (C=O) groups excluding carboxylic acids is 1. The molecule has 2 aliphatic heterocycles. The smallest absolute Gasteiger partial charge is 0.223 e. The minimum atomic E-state index is 0.280. The van der Waals surface area contributed by atoms with Gasteiger partial charge in [0, 0.05) is 69.7 Å². The summed E-state index contributed by atoms with van der Waals surface area (Å²) in [6, 6.07) is 18.8. The molecule has 0 aliphatic carbocycles. The van der Waals surface area contributed by atoms with Crippen LogP contribution < -0.4 is 10.2 Å². The fraction of sp³-hybridized carbons (Fsp3) is 0.462. The molecule has 32 heavy (non-hydrogen) atoms. The number of piperidine rings is 1. The number of piperazine rings is 1. The van der Waals surface area contributed by atoms with Crippen molar-refractivity contribution in [1.29, 1.82) is 5.26 Å². The van der Waals surface area contributed by atoms with Gasteiger partial charge in [-0.2, -0.15) is 5.26 Å². The molecule has 1 amide bonds. The van der Waals surface area contributed by atoms with Crippen LogP contribution in [0.5, 0.6) is 0 Å². The van der Waals surface area contributed by atoms with Crippen molar-refractivity contribution in [2.24, 2.45) is 0 Å². The fourth-order valence-electron chi connectivity index (χ4n) is 4.55. The average molecular weight is 432 g/mol. The van der Waals surface area contributed by atoms with Crippen LogP contribution in [0.4, 0.5) is 11.4 Å². The zero-order valence-corrected chi connectivity index (χ0v) is 19.0. The maximum absolute atomic E-state index is 12.7. The molecular weight excluding hydrogens is 398 g/mol. The first-order valence-corrected chi connectivity index (χ1v) is 11.7. The Hall–Kier alpha value is -3.04. The maximum Gasteiger partial charge on any atom is 0.223 e. The van der Waals surface area contributed by atoms with E-state index in [2.05, 4.69) is 52.4 Å². The second kappa shape index (κ2) is 10.5. The molecule has 2 saturated heterocycles. The molecular formula is C26H33N5O. The molecule has 0 spiro atoms. The normalized spacial score (nSPS) is 17.8. The molecule has 6 nitrogen and oxygen atoms in total. The second-order valence-corrected chi connectivity index (χ2v) is 8.90. The molecule has 2 fully saturated rings. The highest BCUT2D eigenvalue weighted by molar-refractivity contribution is 5.76. The van der Waals surface area contributed by atoms with E-state index in [0.717, 1.165) is 64.3 Å². The maximum atomic E-state index is 12.7. The Morgan fingerprint density at radius 2 is 1.62 bits per heavy atom. The molecule has 2 aliphatic rings. The first kappa shape index (κ1) is 22.2. The number of aryl methyl sites for hydroxylation is 1. The predicted octanol–water partition coefficient (Wildman–Crippen LogP) is 3.48. The van der Waals surface area contributed by atoms with Gasteiger partial charge in [-0.1, -0.05) is 17.7 Å². The molecule has 2 heterocycles. The lowest BCUT2D eigenvalue weighted by atomic mass is 10.0. The molecule has 2 aromatic rings. The van der Waals surface area contributed by atoms with Crippen LogP contribution in [0.25, 0.3) is 0 Å². The van der Waals surface area contributed by atoms with E-state index in [1.54, 1.807) is 0 Å². The summed E-state index contributed by atoms with van der Waals surface area (Å²) in [4.78, 5) is 19.6. The first-order chi connectivity index (χ1) is 15.6. The van der Waals surface area contributed by atoms with Crippen LogP contribution in [0.2, 0.25) is 0 Å². The van der Waals surface area contributed by atoms with E-state index in [-0.39, 0.29) is 5.91 Å². The van der Waals surface area contributed by atoms with Crippen molar-refractivity contribution < 1.29 is 4.79 Å². The Morgan fingerprint density at radius 3 is 2.25 bits per heavy atom. The minimum absolute atomic E-state index is 0.280. The van der Waals surface area contributed by atoms with Gasteiger partial charge >= 0.3 is 0 Å². The van der Waals surface area contributed by atoms with E-state index < -0.39 is 0 Å². The highest BCUT2D eigenvalue weighted by Crippen LogP contribution is 2.19. The SMILES string of the molecule is Cc1ccc(N2CCN(CCC(=O)N3CCC(Nc4ccc(C#N)cc4)CC3)CC2)cc1. The van der Waals surface area contributed by atoms with Crippen LogP contribution >= 0.6 is 0 Å². The summed E-state index contributed by atoms with van der Waals surface area (Å²) >= 11 is 0. The molecule has 0 bridgehead atoms. The predicted molar refractivity (Wildman–Crippen MR) is 129 cm³/mol. The van der Waals surface area contributed by atoms with Crippen LogP contribution in [0.15, 0.2) is 48.5 Å². The Labute approximate surface area is 191 Å². The molecule has 1 N–H and O–H groups in total. The summed E-state index contributed by atoms with van der Waals surface area (Å²) in [6.45, 7) is 8.65. The molecule has 168 valence electrons. The first-order valence-electron chi connectivity index (χ1n) is 11.7.